The topological polar surface area (TPSA) is 76.5 Å². The molecule has 0 spiro atoms. The molecule has 166 valence electrons. The number of aromatic nitrogens is 2. The molecule has 2 saturated heterocycles. The molecule has 1 atom stereocenters. The smallest absolute Gasteiger partial charge is 0.279 e. The second kappa shape index (κ2) is 8.22. The highest BCUT2D eigenvalue weighted by Gasteiger charge is 2.35. The number of hydrogen-bond acceptors (Lipinski definition) is 4. The van der Waals surface area contributed by atoms with Gasteiger partial charge in [0.05, 0.1) is 17.1 Å². The molecule has 7 nitrogen and oxygen atoms in total. The van der Waals surface area contributed by atoms with Crippen molar-refractivity contribution in [2.24, 2.45) is 5.92 Å². The summed E-state index contributed by atoms with van der Waals surface area (Å²) in [5, 5.41) is 0. The fraction of sp³-hybridized carbons (Fsp3) is 0.682. The van der Waals surface area contributed by atoms with Crippen LogP contribution in [-0.2, 0) is 26.9 Å². The van der Waals surface area contributed by atoms with E-state index in [2.05, 4.69) is 48.3 Å². The molecule has 1 aromatic heterocycles. The molecule has 0 amide bonds. The first-order chi connectivity index (χ1) is 14.2. The van der Waals surface area contributed by atoms with E-state index in [-0.39, 0.29) is 11.5 Å². The maximum atomic E-state index is 12.4. The standard InChI is InChI=1S/C22H34N4O3S/c1-22(2,3)21-24-18-14-17(19-6-5-11-26(19)30(27,28)23-4)7-8-20(18)25(21)15-16-9-12-29-13-10-16/h7-8,14,16,19,23H,5-6,9-13,15H2,1-4H3. The maximum Gasteiger partial charge on any atom is 0.279 e. The molecule has 2 aliphatic rings. The third-order valence-corrected chi connectivity index (χ3v) is 7.95. The molecule has 0 radical (unpaired) electrons. The van der Waals surface area contributed by atoms with Gasteiger partial charge in [0.2, 0.25) is 0 Å². The Morgan fingerprint density at radius 3 is 2.60 bits per heavy atom. The van der Waals surface area contributed by atoms with Crippen molar-refractivity contribution in [3.8, 4) is 0 Å². The minimum Gasteiger partial charge on any atom is -0.381 e. The van der Waals surface area contributed by atoms with Gasteiger partial charge in [-0.3, -0.25) is 0 Å². The Kier molecular flexibility index (Phi) is 5.96. The third-order valence-electron chi connectivity index (χ3n) is 6.38. The van der Waals surface area contributed by atoms with Crippen LogP contribution in [0.4, 0.5) is 0 Å². The molecule has 3 heterocycles. The zero-order valence-corrected chi connectivity index (χ0v) is 19.3. The summed E-state index contributed by atoms with van der Waals surface area (Å²) in [6, 6.07) is 6.18. The molecule has 8 heteroatoms. The van der Waals surface area contributed by atoms with Crippen molar-refractivity contribution in [2.75, 3.05) is 26.8 Å². The molecule has 30 heavy (non-hydrogen) atoms. The summed E-state index contributed by atoms with van der Waals surface area (Å²) in [5.74, 6) is 1.69. The highest BCUT2D eigenvalue weighted by atomic mass is 32.2. The Bertz CT molecular complexity index is 1000. The number of ether oxygens (including phenoxy) is 1. The van der Waals surface area contributed by atoms with Crippen LogP contribution in [-0.4, -0.2) is 49.1 Å². The fourth-order valence-electron chi connectivity index (χ4n) is 4.78. The van der Waals surface area contributed by atoms with Gasteiger partial charge in [-0.1, -0.05) is 26.8 Å². The number of rotatable bonds is 5. The molecule has 1 N–H and O–H groups in total. The van der Waals surface area contributed by atoms with Crippen LogP contribution in [0.25, 0.3) is 11.0 Å². The van der Waals surface area contributed by atoms with E-state index in [9.17, 15) is 8.42 Å². The van der Waals surface area contributed by atoms with Gasteiger partial charge in [0.1, 0.15) is 5.82 Å². The molecule has 0 aliphatic carbocycles. The summed E-state index contributed by atoms with van der Waals surface area (Å²) < 4.78 is 36.9. The van der Waals surface area contributed by atoms with E-state index in [1.54, 1.807) is 4.31 Å². The van der Waals surface area contributed by atoms with Gasteiger partial charge in [0.25, 0.3) is 10.2 Å². The van der Waals surface area contributed by atoms with Gasteiger partial charge in [-0.05, 0) is 49.3 Å². The Morgan fingerprint density at radius 1 is 1.20 bits per heavy atom. The summed E-state index contributed by atoms with van der Waals surface area (Å²) in [6.45, 7) is 9.79. The largest absolute Gasteiger partial charge is 0.381 e. The summed E-state index contributed by atoms with van der Waals surface area (Å²) in [7, 11) is -1.97. The zero-order valence-electron chi connectivity index (χ0n) is 18.5. The molecular weight excluding hydrogens is 400 g/mol. The number of nitrogens with one attached hydrogen (secondary N) is 1. The zero-order chi connectivity index (χ0) is 21.5. The number of fused-ring (bicyclic) bond motifs is 1. The second-order valence-electron chi connectivity index (χ2n) is 9.58. The number of imidazole rings is 1. The van der Waals surface area contributed by atoms with Crippen LogP contribution in [0.15, 0.2) is 18.2 Å². The lowest BCUT2D eigenvalue weighted by Gasteiger charge is -2.26. The molecule has 1 aromatic carbocycles. The Labute approximate surface area is 180 Å². The molecule has 0 bridgehead atoms. The van der Waals surface area contributed by atoms with Gasteiger partial charge in [-0.15, -0.1) is 0 Å². The van der Waals surface area contributed by atoms with Crippen LogP contribution in [0.3, 0.4) is 0 Å². The van der Waals surface area contributed by atoms with Crippen molar-refractivity contribution in [3.63, 3.8) is 0 Å². The molecule has 2 aliphatic heterocycles. The van der Waals surface area contributed by atoms with E-state index in [4.69, 9.17) is 9.72 Å². The quantitative estimate of drug-likeness (QED) is 0.783. The van der Waals surface area contributed by atoms with Crippen LogP contribution in [0.2, 0.25) is 0 Å². The Morgan fingerprint density at radius 2 is 1.93 bits per heavy atom. The highest BCUT2D eigenvalue weighted by molar-refractivity contribution is 7.87. The predicted molar refractivity (Wildman–Crippen MR) is 119 cm³/mol. The molecular formula is C22H34N4O3S. The van der Waals surface area contributed by atoms with Crippen molar-refractivity contribution in [1.29, 1.82) is 0 Å². The predicted octanol–water partition coefficient (Wildman–Crippen LogP) is 3.36. The van der Waals surface area contributed by atoms with E-state index >= 15 is 0 Å². The highest BCUT2D eigenvalue weighted by Crippen LogP contribution is 2.36. The molecule has 1 unspecified atom stereocenters. The summed E-state index contributed by atoms with van der Waals surface area (Å²) in [5.41, 5.74) is 3.04. The minimum atomic E-state index is -3.45. The lowest BCUT2D eigenvalue weighted by Crippen LogP contribution is -2.38. The number of benzene rings is 1. The fourth-order valence-corrected chi connectivity index (χ4v) is 5.94. The average molecular weight is 435 g/mol. The van der Waals surface area contributed by atoms with Crippen LogP contribution in [0.1, 0.15) is 63.9 Å². The monoisotopic (exact) mass is 434 g/mol. The average Bonchev–Trinajstić information content (AvgIpc) is 3.34. The van der Waals surface area contributed by atoms with Crippen LogP contribution >= 0.6 is 0 Å². The van der Waals surface area contributed by atoms with Crippen LogP contribution in [0, 0.1) is 5.92 Å². The van der Waals surface area contributed by atoms with E-state index in [1.807, 2.05) is 0 Å². The molecule has 2 aromatic rings. The minimum absolute atomic E-state index is 0.0702. The number of nitrogens with zero attached hydrogens (tertiary/aromatic N) is 3. The van der Waals surface area contributed by atoms with E-state index in [0.717, 1.165) is 67.9 Å². The van der Waals surface area contributed by atoms with Crippen molar-refractivity contribution in [3.05, 3.63) is 29.6 Å². The van der Waals surface area contributed by atoms with Crippen molar-refractivity contribution in [1.82, 2.24) is 18.6 Å². The SMILES string of the molecule is CNS(=O)(=O)N1CCCC1c1ccc2c(c1)nc(C(C)(C)C)n2CC1CCOCC1. The van der Waals surface area contributed by atoms with E-state index in [0.29, 0.717) is 12.5 Å². The first kappa shape index (κ1) is 21.7. The second-order valence-corrected chi connectivity index (χ2v) is 11.4. The van der Waals surface area contributed by atoms with Crippen LogP contribution < -0.4 is 4.72 Å². The van der Waals surface area contributed by atoms with E-state index < -0.39 is 10.2 Å². The van der Waals surface area contributed by atoms with Crippen LogP contribution in [0.5, 0.6) is 0 Å². The first-order valence-corrected chi connectivity index (χ1v) is 12.4. The normalized spacial score (nSPS) is 22.2. The summed E-state index contributed by atoms with van der Waals surface area (Å²) >= 11 is 0. The molecule has 0 saturated carbocycles. The molecule has 4 rings (SSSR count). The van der Waals surface area contributed by atoms with Gasteiger partial charge < -0.3 is 9.30 Å². The van der Waals surface area contributed by atoms with Gasteiger partial charge >= 0.3 is 0 Å². The van der Waals surface area contributed by atoms with Crippen molar-refractivity contribution in [2.45, 2.75) is 64.5 Å². The Balaban J connectivity index is 1.73. The van der Waals surface area contributed by atoms with Gasteiger partial charge in [0, 0.05) is 38.8 Å². The van der Waals surface area contributed by atoms with Gasteiger partial charge in [-0.25, -0.2) is 9.71 Å². The maximum absolute atomic E-state index is 12.4. The number of hydrogen-bond donors (Lipinski definition) is 1. The Hall–Kier alpha value is -1.48. The lowest BCUT2D eigenvalue weighted by atomic mass is 9.94. The lowest BCUT2D eigenvalue weighted by molar-refractivity contribution is 0.0611. The molecule has 2 fully saturated rings. The first-order valence-electron chi connectivity index (χ1n) is 11.0. The van der Waals surface area contributed by atoms with Gasteiger partial charge in [0.15, 0.2) is 0 Å². The third kappa shape index (κ3) is 4.15. The van der Waals surface area contributed by atoms with Crippen molar-refractivity contribution >= 4 is 21.2 Å². The van der Waals surface area contributed by atoms with Crippen molar-refractivity contribution < 1.29 is 13.2 Å². The summed E-state index contributed by atoms with van der Waals surface area (Å²) in [6.07, 6.45) is 3.87. The van der Waals surface area contributed by atoms with E-state index in [1.165, 1.54) is 7.05 Å². The van der Waals surface area contributed by atoms with Gasteiger partial charge in [-0.2, -0.15) is 12.7 Å². The summed E-state index contributed by atoms with van der Waals surface area (Å²) in [4.78, 5) is 5.04.